The largest absolute Gasteiger partial charge is 0.493 e. The molecule has 2 aliphatic rings. The van der Waals surface area contributed by atoms with Gasteiger partial charge in [0.2, 0.25) is 0 Å². The Morgan fingerprint density at radius 2 is 1.76 bits per heavy atom. The Morgan fingerprint density at radius 3 is 2.41 bits per heavy atom. The van der Waals surface area contributed by atoms with Crippen molar-refractivity contribution in [3.05, 3.63) is 65.2 Å². The number of benzene rings is 2. The Kier molecular flexibility index (Phi) is 5.86. The number of ether oxygens (including phenoxy) is 2. The maximum Gasteiger partial charge on any atom is 0.278 e. The summed E-state index contributed by atoms with van der Waals surface area (Å²) in [6.45, 7) is 3.88. The van der Waals surface area contributed by atoms with Crippen molar-refractivity contribution in [1.82, 2.24) is 4.90 Å². The Balaban J connectivity index is 1.37. The van der Waals surface area contributed by atoms with E-state index < -0.39 is 0 Å². The average molecular weight is 394 g/mol. The van der Waals surface area contributed by atoms with Crippen molar-refractivity contribution in [3.8, 4) is 11.5 Å². The van der Waals surface area contributed by atoms with Crippen molar-refractivity contribution in [2.75, 3.05) is 40.4 Å². The van der Waals surface area contributed by atoms with Gasteiger partial charge in [-0.1, -0.05) is 30.3 Å². The molecule has 5 heteroatoms. The fourth-order valence-electron chi connectivity index (χ4n) is 4.28. The molecule has 29 heavy (non-hydrogen) atoms. The summed E-state index contributed by atoms with van der Waals surface area (Å²) < 4.78 is 10.8. The number of nitrogens with zero attached hydrogens (tertiary/aromatic N) is 1. The summed E-state index contributed by atoms with van der Waals surface area (Å²) in [6, 6.07) is 14.6. The van der Waals surface area contributed by atoms with E-state index in [9.17, 15) is 4.79 Å². The molecule has 1 amide bonds. The third-order valence-electron chi connectivity index (χ3n) is 6.00. The second kappa shape index (κ2) is 8.70. The number of amides is 1. The van der Waals surface area contributed by atoms with Crippen LogP contribution >= 0.6 is 0 Å². The summed E-state index contributed by atoms with van der Waals surface area (Å²) in [6.07, 6.45) is 4.17. The van der Waals surface area contributed by atoms with Crippen LogP contribution in [-0.2, 0) is 17.8 Å². The highest BCUT2D eigenvalue weighted by Gasteiger charge is 2.26. The van der Waals surface area contributed by atoms with E-state index in [1.807, 2.05) is 23.1 Å². The number of carbonyl (C=O) groups is 1. The number of hydrogen-bond acceptors (Lipinski definition) is 3. The van der Waals surface area contributed by atoms with Gasteiger partial charge in [-0.05, 0) is 46.9 Å². The summed E-state index contributed by atoms with van der Waals surface area (Å²) >= 11 is 0. The van der Waals surface area contributed by atoms with Crippen molar-refractivity contribution in [3.63, 3.8) is 0 Å². The van der Waals surface area contributed by atoms with Crippen LogP contribution in [0.5, 0.6) is 11.5 Å². The highest BCUT2D eigenvalue weighted by atomic mass is 16.5. The van der Waals surface area contributed by atoms with E-state index in [0.29, 0.717) is 13.1 Å². The fraction of sp³-hybridized carbons (Fsp3) is 0.375. The minimum Gasteiger partial charge on any atom is -0.493 e. The molecule has 2 aromatic carbocycles. The molecule has 2 aromatic rings. The second-order valence-electron chi connectivity index (χ2n) is 7.77. The molecule has 4 rings (SSSR count). The van der Waals surface area contributed by atoms with E-state index >= 15 is 0 Å². The molecule has 0 radical (unpaired) electrons. The van der Waals surface area contributed by atoms with Crippen LogP contribution < -0.4 is 14.4 Å². The first kappa shape index (κ1) is 19.5. The van der Waals surface area contributed by atoms with E-state index in [0.717, 1.165) is 49.5 Å². The Morgan fingerprint density at radius 1 is 1.03 bits per heavy atom. The van der Waals surface area contributed by atoms with Gasteiger partial charge in [-0.2, -0.15) is 0 Å². The minimum absolute atomic E-state index is 0.233. The lowest BCUT2D eigenvalue weighted by atomic mass is 9.98. The van der Waals surface area contributed by atoms with E-state index in [4.69, 9.17) is 9.47 Å². The molecule has 0 saturated carbocycles. The van der Waals surface area contributed by atoms with Crippen LogP contribution in [0, 0.1) is 0 Å². The normalized spacial score (nSPS) is 18.6. The summed E-state index contributed by atoms with van der Waals surface area (Å²) in [7, 11) is 3.30. The maximum atomic E-state index is 12.9. The van der Waals surface area contributed by atoms with E-state index in [2.05, 4.69) is 30.3 Å². The van der Waals surface area contributed by atoms with E-state index in [1.165, 1.54) is 21.6 Å². The SMILES string of the molecule is COc1cc2c(cc1OC)CN(C(=O)C[NH+]1CC=C(c3ccccc3)CC1)CC2. The summed E-state index contributed by atoms with van der Waals surface area (Å²) in [5.74, 6) is 1.71. The first-order valence-electron chi connectivity index (χ1n) is 10.3. The molecular formula is C24H29N2O3+. The molecule has 0 saturated heterocycles. The zero-order valence-electron chi connectivity index (χ0n) is 17.2. The maximum absolute atomic E-state index is 12.9. The van der Waals surface area contributed by atoms with Gasteiger partial charge in [0.05, 0.1) is 27.3 Å². The molecule has 1 N–H and O–H groups in total. The van der Waals surface area contributed by atoms with Crippen LogP contribution in [0.25, 0.3) is 5.57 Å². The number of carbonyl (C=O) groups excluding carboxylic acids is 1. The predicted octanol–water partition coefficient (Wildman–Crippen LogP) is 1.96. The number of hydrogen-bond donors (Lipinski definition) is 1. The number of nitrogens with one attached hydrogen (secondary N) is 1. The van der Waals surface area contributed by atoms with E-state index in [-0.39, 0.29) is 5.91 Å². The lowest BCUT2D eigenvalue weighted by molar-refractivity contribution is -0.887. The number of rotatable bonds is 5. The minimum atomic E-state index is 0.233. The highest BCUT2D eigenvalue weighted by Crippen LogP contribution is 2.33. The van der Waals surface area contributed by atoms with Crippen LogP contribution in [-0.4, -0.2) is 51.2 Å². The zero-order valence-corrected chi connectivity index (χ0v) is 17.2. The van der Waals surface area contributed by atoms with Gasteiger partial charge in [-0.3, -0.25) is 4.79 Å². The first-order chi connectivity index (χ1) is 14.2. The summed E-state index contributed by atoms with van der Waals surface area (Å²) in [5, 5.41) is 0. The van der Waals surface area contributed by atoms with Crippen LogP contribution in [0.2, 0.25) is 0 Å². The Hall–Kier alpha value is -2.79. The van der Waals surface area contributed by atoms with E-state index in [1.54, 1.807) is 14.2 Å². The van der Waals surface area contributed by atoms with Gasteiger partial charge in [-0.15, -0.1) is 0 Å². The molecular weight excluding hydrogens is 364 g/mol. The third-order valence-corrected chi connectivity index (χ3v) is 6.00. The standard InChI is InChI=1S/C24H28N2O3/c1-28-22-14-20-10-13-26(16-21(20)15-23(22)29-2)24(27)17-25-11-8-19(9-12-25)18-6-4-3-5-7-18/h3-8,14-15H,9-13,16-17H2,1-2H3/p+1. The van der Waals surface area contributed by atoms with Crippen molar-refractivity contribution in [2.45, 2.75) is 19.4 Å². The Labute approximate surface area is 172 Å². The number of methoxy groups -OCH3 is 2. The van der Waals surface area contributed by atoms with Gasteiger partial charge >= 0.3 is 0 Å². The van der Waals surface area contributed by atoms with Crippen molar-refractivity contribution < 1.29 is 19.2 Å². The fourth-order valence-corrected chi connectivity index (χ4v) is 4.28. The lowest BCUT2D eigenvalue weighted by Crippen LogP contribution is -3.13. The summed E-state index contributed by atoms with van der Waals surface area (Å²) in [5.41, 5.74) is 5.10. The topological polar surface area (TPSA) is 43.2 Å². The number of quaternary nitrogens is 1. The molecule has 2 heterocycles. The summed E-state index contributed by atoms with van der Waals surface area (Å²) in [4.78, 5) is 16.3. The predicted molar refractivity (Wildman–Crippen MR) is 113 cm³/mol. The first-order valence-corrected chi connectivity index (χ1v) is 10.3. The molecule has 1 unspecified atom stereocenters. The molecule has 5 nitrogen and oxygen atoms in total. The molecule has 0 aliphatic carbocycles. The smallest absolute Gasteiger partial charge is 0.278 e. The van der Waals surface area contributed by atoms with Gasteiger partial charge in [0.25, 0.3) is 5.91 Å². The van der Waals surface area contributed by atoms with Crippen LogP contribution in [0.4, 0.5) is 0 Å². The molecule has 0 fully saturated rings. The quantitative estimate of drug-likeness (QED) is 0.845. The average Bonchev–Trinajstić information content (AvgIpc) is 2.78. The molecule has 0 spiro atoms. The molecule has 0 bridgehead atoms. The van der Waals surface area contributed by atoms with Crippen LogP contribution in [0.15, 0.2) is 48.5 Å². The zero-order chi connectivity index (χ0) is 20.2. The lowest BCUT2D eigenvalue weighted by Gasteiger charge is -2.31. The van der Waals surface area contributed by atoms with Crippen LogP contribution in [0.3, 0.4) is 0 Å². The van der Waals surface area contributed by atoms with Crippen molar-refractivity contribution in [2.24, 2.45) is 0 Å². The van der Waals surface area contributed by atoms with Gasteiger partial charge in [0, 0.05) is 19.5 Å². The monoisotopic (exact) mass is 393 g/mol. The molecule has 1 atom stereocenters. The van der Waals surface area contributed by atoms with Gasteiger partial charge in [0.1, 0.15) is 0 Å². The van der Waals surface area contributed by atoms with Gasteiger partial charge in [-0.25, -0.2) is 0 Å². The molecule has 0 aromatic heterocycles. The number of fused-ring (bicyclic) bond motifs is 1. The van der Waals surface area contributed by atoms with Gasteiger partial charge < -0.3 is 19.3 Å². The Bertz CT molecular complexity index is 908. The van der Waals surface area contributed by atoms with Crippen molar-refractivity contribution >= 4 is 11.5 Å². The molecule has 2 aliphatic heterocycles. The van der Waals surface area contributed by atoms with Crippen LogP contribution in [0.1, 0.15) is 23.1 Å². The third kappa shape index (κ3) is 4.30. The molecule has 152 valence electrons. The second-order valence-corrected chi connectivity index (χ2v) is 7.77. The highest BCUT2D eigenvalue weighted by molar-refractivity contribution is 5.77. The van der Waals surface area contributed by atoms with Crippen molar-refractivity contribution in [1.29, 1.82) is 0 Å². The van der Waals surface area contributed by atoms with Gasteiger partial charge in [0.15, 0.2) is 18.0 Å².